The standard InChI is InChI=1S/C20H14N4O2/c21-9-16-18(17(10-22)20(26)24-19(16)23)13-7-5-12(6-8-13)15-4-2-1-3-14(15)11-25/h1-8,25H,11H2,(H3,23,24,26). The molecule has 6 heteroatoms. The van der Waals surface area contributed by atoms with Crippen molar-refractivity contribution >= 4 is 5.82 Å². The Morgan fingerprint density at radius 1 is 0.962 bits per heavy atom. The highest BCUT2D eigenvalue weighted by Crippen LogP contribution is 2.31. The minimum Gasteiger partial charge on any atom is -0.392 e. The molecule has 0 fully saturated rings. The molecule has 2 aromatic carbocycles. The topological polar surface area (TPSA) is 127 Å². The van der Waals surface area contributed by atoms with E-state index in [0.717, 1.165) is 16.7 Å². The number of aliphatic hydroxyl groups excluding tert-OH is 1. The summed E-state index contributed by atoms with van der Waals surface area (Å²) in [5.41, 5.74) is 8.32. The predicted octanol–water partition coefficient (Wildman–Crippen LogP) is 2.53. The van der Waals surface area contributed by atoms with Gasteiger partial charge in [0, 0.05) is 5.56 Å². The summed E-state index contributed by atoms with van der Waals surface area (Å²) < 4.78 is 0. The van der Waals surface area contributed by atoms with E-state index in [4.69, 9.17) is 5.73 Å². The first-order valence-corrected chi connectivity index (χ1v) is 7.76. The molecule has 0 bridgehead atoms. The van der Waals surface area contributed by atoms with Gasteiger partial charge in [-0.05, 0) is 22.3 Å². The minimum absolute atomic E-state index is 0.0599. The molecule has 1 aromatic heterocycles. The van der Waals surface area contributed by atoms with Gasteiger partial charge in [-0.3, -0.25) is 4.79 Å². The van der Waals surface area contributed by atoms with Gasteiger partial charge in [0.2, 0.25) is 0 Å². The zero-order valence-electron chi connectivity index (χ0n) is 13.7. The first-order chi connectivity index (χ1) is 12.6. The zero-order chi connectivity index (χ0) is 18.7. The molecule has 0 saturated heterocycles. The molecule has 0 spiro atoms. The van der Waals surface area contributed by atoms with Crippen molar-refractivity contribution in [3.05, 3.63) is 75.6 Å². The highest BCUT2D eigenvalue weighted by Gasteiger charge is 2.18. The van der Waals surface area contributed by atoms with Gasteiger partial charge in [-0.15, -0.1) is 0 Å². The number of anilines is 1. The smallest absolute Gasteiger partial charge is 0.268 e. The van der Waals surface area contributed by atoms with Crippen LogP contribution in [0.1, 0.15) is 16.7 Å². The van der Waals surface area contributed by atoms with E-state index in [0.29, 0.717) is 5.56 Å². The van der Waals surface area contributed by atoms with E-state index in [1.807, 2.05) is 48.5 Å². The van der Waals surface area contributed by atoms with Crippen LogP contribution in [0.4, 0.5) is 5.82 Å². The molecule has 4 N–H and O–H groups in total. The molecular formula is C20H14N4O2. The number of nitrogens with zero attached hydrogens (tertiary/aromatic N) is 2. The lowest BCUT2D eigenvalue weighted by atomic mass is 9.93. The number of aromatic nitrogens is 1. The Kier molecular flexibility index (Phi) is 4.53. The normalized spacial score (nSPS) is 10.1. The molecule has 0 aliphatic carbocycles. The average Bonchev–Trinajstić information content (AvgIpc) is 2.67. The van der Waals surface area contributed by atoms with E-state index in [1.165, 1.54) is 0 Å². The van der Waals surface area contributed by atoms with Crippen LogP contribution in [0.3, 0.4) is 0 Å². The monoisotopic (exact) mass is 342 g/mol. The van der Waals surface area contributed by atoms with Crippen molar-refractivity contribution in [3.63, 3.8) is 0 Å². The van der Waals surface area contributed by atoms with Gasteiger partial charge < -0.3 is 15.8 Å². The summed E-state index contributed by atoms with van der Waals surface area (Å²) in [7, 11) is 0. The number of pyridine rings is 1. The number of benzene rings is 2. The maximum Gasteiger partial charge on any atom is 0.268 e. The Balaban J connectivity index is 2.18. The van der Waals surface area contributed by atoms with Crippen molar-refractivity contribution in [2.75, 3.05) is 5.73 Å². The van der Waals surface area contributed by atoms with Crippen molar-refractivity contribution < 1.29 is 5.11 Å². The fourth-order valence-electron chi connectivity index (χ4n) is 2.89. The Bertz CT molecular complexity index is 1120. The van der Waals surface area contributed by atoms with Crippen molar-refractivity contribution in [3.8, 4) is 34.4 Å². The van der Waals surface area contributed by atoms with Crippen LogP contribution in [0.25, 0.3) is 22.3 Å². The molecule has 0 amide bonds. The predicted molar refractivity (Wildman–Crippen MR) is 97.7 cm³/mol. The molecular weight excluding hydrogens is 328 g/mol. The Morgan fingerprint density at radius 2 is 1.58 bits per heavy atom. The van der Waals surface area contributed by atoms with Crippen LogP contribution in [0.2, 0.25) is 0 Å². The SMILES string of the molecule is N#Cc1c(N)[nH]c(=O)c(C#N)c1-c1ccc(-c2ccccc2CO)cc1. The first-order valence-electron chi connectivity index (χ1n) is 7.76. The number of nitrogens with one attached hydrogen (secondary N) is 1. The molecule has 0 unspecified atom stereocenters. The van der Waals surface area contributed by atoms with E-state index in [2.05, 4.69) is 4.98 Å². The second-order valence-electron chi connectivity index (χ2n) is 5.61. The van der Waals surface area contributed by atoms with Crippen LogP contribution in [-0.2, 0) is 6.61 Å². The summed E-state index contributed by atoms with van der Waals surface area (Å²) >= 11 is 0. The van der Waals surface area contributed by atoms with Gasteiger partial charge in [0.25, 0.3) is 5.56 Å². The third kappa shape index (κ3) is 2.82. The Hall–Kier alpha value is -3.87. The molecule has 126 valence electrons. The average molecular weight is 342 g/mol. The molecule has 0 aliphatic rings. The van der Waals surface area contributed by atoms with Crippen LogP contribution in [-0.4, -0.2) is 10.1 Å². The van der Waals surface area contributed by atoms with Crippen molar-refractivity contribution in [2.45, 2.75) is 6.61 Å². The number of H-pyrrole nitrogens is 1. The Morgan fingerprint density at radius 3 is 2.19 bits per heavy atom. The van der Waals surface area contributed by atoms with E-state index in [1.54, 1.807) is 12.1 Å². The second kappa shape index (κ2) is 6.94. The Labute approximate surface area is 149 Å². The molecule has 1 heterocycles. The van der Waals surface area contributed by atoms with Gasteiger partial charge in [0.05, 0.1) is 6.61 Å². The number of rotatable bonds is 3. The molecule has 0 radical (unpaired) electrons. The minimum atomic E-state index is -0.631. The number of hydrogen-bond donors (Lipinski definition) is 3. The van der Waals surface area contributed by atoms with Gasteiger partial charge in [-0.25, -0.2) is 0 Å². The summed E-state index contributed by atoms with van der Waals surface area (Å²) in [6.07, 6.45) is 0. The number of nitrogen functional groups attached to an aromatic ring is 1. The van der Waals surface area contributed by atoms with Gasteiger partial charge in [0.15, 0.2) is 0 Å². The van der Waals surface area contributed by atoms with E-state index >= 15 is 0 Å². The molecule has 3 aromatic rings. The van der Waals surface area contributed by atoms with Crippen molar-refractivity contribution in [1.82, 2.24) is 4.98 Å². The summed E-state index contributed by atoms with van der Waals surface area (Å²) in [4.78, 5) is 14.3. The van der Waals surface area contributed by atoms with Crippen LogP contribution in [0, 0.1) is 22.7 Å². The lowest BCUT2D eigenvalue weighted by molar-refractivity contribution is 0.282. The number of nitriles is 2. The fraction of sp³-hybridized carbons (Fsp3) is 0.0500. The molecule has 0 atom stereocenters. The van der Waals surface area contributed by atoms with Crippen molar-refractivity contribution in [1.29, 1.82) is 10.5 Å². The highest BCUT2D eigenvalue weighted by atomic mass is 16.3. The third-order valence-electron chi connectivity index (χ3n) is 4.14. The second-order valence-corrected chi connectivity index (χ2v) is 5.61. The number of hydrogen-bond acceptors (Lipinski definition) is 5. The fourth-order valence-corrected chi connectivity index (χ4v) is 2.89. The van der Waals surface area contributed by atoms with E-state index in [9.17, 15) is 20.4 Å². The molecule has 3 rings (SSSR count). The van der Waals surface area contributed by atoms with E-state index < -0.39 is 5.56 Å². The summed E-state index contributed by atoms with van der Waals surface area (Å²) in [6, 6.07) is 18.3. The number of aliphatic hydroxyl groups is 1. The molecule has 0 saturated carbocycles. The maximum atomic E-state index is 12.0. The maximum absolute atomic E-state index is 12.0. The van der Waals surface area contributed by atoms with Gasteiger partial charge in [-0.2, -0.15) is 10.5 Å². The summed E-state index contributed by atoms with van der Waals surface area (Å²) in [6.45, 7) is -0.0836. The van der Waals surface area contributed by atoms with Crippen LogP contribution in [0.5, 0.6) is 0 Å². The van der Waals surface area contributed by atoms with E-state index in [-0.39, 0.29) is 29.1 Å². The lowest BCUT2D eigenvalue weighted by Gasteiger charge is -2.11. The van der Waals surface area contributed by atoms with Gasteiger partial charge in [-0.1, -0.05) is 48.5 Å². The quantitative estimate of drug-likeness (QED) is 0.674. The van der Waals surface area contributed by atoms with Crippen LogP contribution in [0.15, 0.2) is 53.3 Å². The highest BCUT2D eigenvalue weighted by molar-refractivity contribution is 5.81. The molecule has 26 heavy (non-hydrogen) atoms. The van der Waals surface area contributed by atoms with Gasteiger partial charge >= 0.3 is 0 Å². The number of aromatic amines is 1. The zero-order valence-corrected chi connectivity index (χ0v) is 13.7. The van der Waals surface area contributed by atoms with Gasteiger partial charge in [0.1, 0.15) is 29.1 Å². The molecule has 6 nitrogen and oxygen atoms in total. The summed E-state index contributed by atoms with van der Waals surface area (Å²) in [5, 5.41) is 28.2. The largest absolute Gasteiger partial charge is 0.392 e. The van der Waals surface area contributed by atoms with Crippen LogP contribution < -0.4 is 11.3 Å². The molecule has 0 aliphatic heterocycles. The van der Waals surface area contributed by atoms with Crippen LogP contribution >= 0.6 is 0 Å². The number of nitrogens with two attached hydrogens (primary N) is 1. The third-order valence-corrected chi connectivity index (χ3v) is 4.14. The lowest BCUT2D eigenvalue weighted by Crippen LogP contribution is -2.16. The summed E-state index contributed by atoms with van der Waals surface area (Å²) in [5.74, 6) is -0.0683. The first kappa shape index (κ1) is 17.0. The van der Waals surface area contributed by atoms with Crippen molar-refractivity contribution in [2.24, 2.45) is 0 Å².